The van der Waals surface area contributed by atoms with E-state index in [0.717, 1.165) is 6.20 Å². The molecule has 2 aromatic rings. The summed E-state index contributed by atoms with van der Waals surface area (Å²) in [4.78, 5) is 40.0. The van der Waals surface area contributed by atoms with Crippen molar-refractivity contribution in [3.8, 4) is 0 Å². The number of carbonyl (C=O) groups excluding carboxylic acids is 1. The number of hydrogen-bond acceptors (Lipinski definition) is 6. The number of anilines is 2. The molecule has 1 aromatic heterocycles. The van der Waals surface area contributed by atoms with Crippen molar-refractivity contribution in [1.29, 1.82) is 0 Å². The molecular weight excluding hydrogens is 436 g/mol. The Bertz CT molecular complexity index is 1210. The number of nitrogens with zero attached hydrogens (tertiary/aromatic N) is 3. The first-order chi connectivity index (χ1) is 15.5. The van der Waals surface area contributed by atoms with Crippen LogP contribution in [-0.2, 0) is 4.79 Å². The monoisotopic (exact) mass is 463 g/mol. The van der Waals surface area contributed by atoms with Gasteiger partial charge in [0, 0.05) is 37.4 Å². The molecule has 4 rings (SSSR count). The van der Waals surface area contributed by atoms with Crippen LogP contribution in [0.5, 0.6) is 0 Å². The second-order valence-electron chi connectivity index (χ2n) is 9.07. The third kappa shape index (κ3) is 3.60. The van der Waals surface area contributed by atoms with Crippen molar-refractivity contribution in [3.63, 3.8) is 0 Å². The zero-order valence-electron chi connectivity index (χ0n) is 18.6. The fourth-order valence-electron chi connectivity index (χ4n) is 4.80. The van der Waals surface area contributed by atoms with Crippen LogP contribution in [0.4, 0.5) is 20.2 Å². The van der Waals surface area contributed by atoms with Crippen LogP contribution < -0.4 is 21.8 Å². The smallest absolute Gasteiger partial charge is 0.341 e. The predicted molar refractivity (Wildman–Crippen MR) is 119 cm³/mol. The maximum atomic E-state index is 15.9. The van der Waals surface area contributed by atoms with Crippen LogP contribution in [-0.4, -0.2) is 57.7 Å². The molecule has 0 bridgehead atoms. The third-order valence-corrected chi connectivity index (χ3v) is 6.41. The Morgan fingerprint density at radius 3 is 2.21 bits per heavy atom. The third-order valence-electron chi connectivity index (χ3n) is 6.41. The van der Waals surface area contributed by atoms with E-state index in [9.17, 15) is 19.5 Å². The van der Waals surface area contributed by atoms with Gasteiger partial charge in [0.25, 0.3) is 0 Å². The molecule has 5 N–H and O–H groups in total. The average molecular weight is 463 g/mol. The molecular formula is C22H27F2N5O4. The van der Waals surface area contributed by atoms with Gasteiger partial charge >= 0.3 is 5.97 Å². The van der Waals surface area contributed by atoms with E-state index >= 15 is 8.78 Å². The number of halogens is 2. The van der Waals surface area contributed by atoms with Crippen LogP contribution in [0.2, 0.25) is 0 Å². The summed E-state index contributed by atoms with van der Waals surface area (Å²) < 4.78 is 32.8. The van der Waals surface area contributed by atoms with Crippen molar-refractivity contribution in [2.75, 3.05) is 23.7 Å². The van der Waals surface area contributed by atoms with E-state index in [-0.39, 0.29) is 48.3 Å². The highest BCUT2D eigenvalue weighted by Crippen LogP contribution is 2.42. The number of carboxylic acids is 1. The highest BCUT2D eigenvalue weighted by Gasteiger charge is 2.38. The lowest BCUT2D eigenvalue weighted by molar-refractivity contribution is -0.137. The van der Waals surface area contributed by atoms with Crippen LogP contribution in [0.15, 0.2) is 11.0 Å². The summed E-state index contributed by atoms with van der Waals surface area (Å²) in [6, 6.07) is -1.68. The standard InChI is InChI=1S/C22H27F2N5O4/c1-9-6-27(7-10(2)29(9)21(31)11(3)25)19-15(23)17(26)14-18(16(19)24)28(12-4-5-12)8-13(20(14)30)22(32)33/h8-12H,4-7,25-26H2,1-3H3,(H,32,33)/t9-,10+,11?. The number of fused-ring (bicyclic) bond motifs is 1. The Hall–Kier alpha value is -3.21. The van der Waals surface area contributed by atoms with Crippen LogP contribution in [0.25, 0.3) is 10.9 Å². The Morgan fingerprint density at radius 1 is 1.15 bits per heavy atom. The zero-order valence-corrected chi connectivity index (χ0v) is 18.6. The number of rotatable bonds is 4. The van der Waals surface area contributed by atoms with E-state index < -0.39 is 45.7 Å². The molecule has 3 atom stereocenters. The number of benzene rings is 1. The number of carboxylic acid groups (broad SMARTS) is 1. The van der Waals surface area contributed by atoms with E-state index in [2.05, 4.69) is 0 Å². The van der Waals surface area contributed by atoms with Gasteiger partial charge in [0.2, 0.25) is 11.3 Å². The van der Waals surface area contributed by atoms with E-state index in [1.807, 2.05) is 0 Å². The molecule has 1 aliphatic heterocycles. The zero-order chi connectivity index (χ0) is 24.4. The SMILES string of the molecule is CC(N)C(=O)N1[C@H](C)CN(c2c(F)c(N)c3c(=O)c(C(=O)O)cn(C4CC4)c3c2F)C[C@@H]1C. The quantitative estimate of drug-likeness (QED) is 0.587. The van der Waals surface area contributed by atoms with Crippen LogP contribution >= 0.6 is 0 Å². The van der Waals surface area contributed by atoms with Crippen molar-refractivity contribution in [2.45, 2.75) is 57.8 Å². The number of nitrogen functional groups attached to an aromatic ring is 1. The topological polar surface area (TPSA) is 135 Å². The first-order valence-electron chi connectivity index (χ1n) is 10.9. The molecule has 2 fully saturated rings. The molecule has 33 heavy (non-hydrogen) atoms. The van der Waals surface area contributed by atoms with E-state index in [1.54, 1.807) is 25.7 Å². The van der Waals surface area contributed by atoms with Gasteiger partial charge in [0.05, 0.1) is 22.6 Å². The summed E-state index contributed by atoms with van der Waals surface area (Å²) in [6.07, 6.45) is 2.46. The first-order valence-corrected chi connectivity index (χ1v) is 10.9. The number of hydrogen-bond donors (Lipinski definition) is 3. The van der Waals surface area contributed by atoms with Gasteiger partial charge in [-0.3, -0.25) is 9.59 Å². The molecule has 1 aromatic carbocycles. The minimum Gasteiger partial charge on any atom is -0.477 e. The lowest BCUT2D eigenvalue weighted by atomic mass is 10.0. The van der Waals surface area contributed by atoms with Crippen molar-refractivity contribution in [2.24, 2.45) is 5.73 Å². The van der Waals surface area contributed by atoms with Crippen LogP contribution in [0, 0.1) is 11.6 Å². The lowest BCUT2D eigenvalue weighted by Gasteiger charge is -2.46. The molecule has 1 saturated carbocycles. The maximum Gasteiger partial charge on any atom is 0.341 e. The number of carbonyl (C=O) groups is 2. The van der Waals surface area contributed by atoms with E-state index in [4.69, 9.17) is 11.5 Å². The fourth-order valence-corrected chi connectivity index (χ4v) is 4.80. The highest BCUT2D eigenvalue weighted by atomic mass is 19.1. The molecule has 1 unspecified atom stereocenters. The number of pyridine rings is 1. The van der Waals surface area contributed by atoms with Gasteiger partial charge in [-0.2, -0.15) is 0 Å². The van der Waals surface area contributed by atoms with E-state index in [1.165, 1.54) is 9.47 Å². The van der Waals surface area contributed by atoms with Gasteiger partial charge in [-0.15, -0.1) is 0 Å². The number of aromatic carboxylic acids is 1. The number of nitrogens with two attached hydrogens (primary N) is 2. The average Bonchev–Trinajstić information content (AvgIpc) is 3.56. The second-order valence-corrected chi connectivity index (χ2v) is 9.07. The van der Waals surface area contributed by atoms with Gasteiger partial charge in [0.1, 0.15) is 11.3 Å². The number of aromatic nitrogens is 1. The molecule has 2 heterocycles. The van der Waals surface area contributed by atoms with Gasteiger partial charge in [-0.25, -0.2) is 13.6 Å². The Morgan fingerprint density at radius 2 is 1.73 bits per heavy atom. The van der Waals surface area contributed by atoms with Crippen molar-refractivity contribution in [3.05, 3.63) is 33.6 Å². The summed E-state index contributed by atoms with van der Waals surface area (Å²) in [5.74, 6) is -3.83. The van der Waals surface area contributed by atoms with Crippen molar-refractivity contribution in [1.82, 2.24) is 9.47 Å². The summed E-state index contributed by atoms with van der Waals surface area (Å²) in [6.45, 7) is 5.37. The molecule has 9 nitrogen and oxygen atoms in total. The molecule has 1 amide bonds. The minimum absolute atomic E-state index is 0.127. The van der Waals surface area contributed by atoms with Crippen molar-refractivity contribution < 1.29 is 23.5 Å². The lowest BCUT2D eigenvalue weighted by Crippen LogP contribution is -2.61. The molecule has 0 spiro atoms. The molecule has 1 aliphatic carbocycles. The summed E-state index contributed by atoms with van der Waals surface area (Å²) >= 11 is 0. The van der Waals surface area contributed by atoms with Gasteiger partial charge in [-0.05, 0) is 33.6 Å². The Kier molecular flexibility index (Phi) is 5.55. The van der Waals surface area contributed by atoms with Crippen LogP contribution in [0.3, 0.4) is 0 Å². The van der Waals surface area contributed by atoms with Gasteiger partial charge < -0.3 is 30.9 Å². The second kappa shape index (κ2) is 7.98. The van der Waals surface area contributed by atoms with Gasteiger partial charge in [-0.1, -0.05) is 0 Å². The van der Waals surface area contributed by atoms with E-state index in [0.29, 0.717) is 12.8 Å². The molecule has 11 heteroatoms. The summed E-state index contributed by atoms with van der Waals surface area (Å²) in [7, 11) is 0. The van der Waals surface area contributed by atoms with Crippen molar-refractivity contribution >= 4 is 34.2 Å². The number of amides is 1. The summed E-state index contributed by atoms with van der Waals surface area (Å²) in [5, 5.41) is 8.95. The normalized spacial score (nSPS) is 22.0. The van der Waals surface area contributed by atoms with Gasteiger partial charge in [0.15, 0.2) is 11.6 Å². The molecule has 2 aliphatic rings. The predicted octanol–water partition coefficient (Wildman–Crippen LogP) is 1.67. The fraction of sp³-hybridized carbons (Fsp3) is 0.500. The molecule has 0 radical (unpaired) electrons. The molecule has 178 valence electrons. The maximum absolute atomic E-state index is 15.9. The summed E-state index contributed by atoms with van der Waals surface area (Å²) in [5.41, 5.74) is 8.96. The first kappa shape index (κ1) is 23.0. The largest absolute Gasteiger partial charge is 0.477 e. The Balaban J connectivity index is 1.89. The highest BCUT2D eigenvalue weighted by molar-refractivity contribution is 6.00. The minimum atomic E-state index is -1.49. The van der Waals surface area contributed by atoms with Crippen LogP contribution in [0.1, 0.15) is 50.0 Å². The molecule has 1 saturated heterocycles. The Labute approximate surface area is 188 Å². The number of piperazine rings is 1.